The number of amides is 1. The average Bonchev–Trinajstić information content (AvgIpc) is 3.16. The van der Waals surface area contributed by atoms with Crippen LogP contribution >= 0.6 is 35.0 Å². The molecule has 0 radical (unpaired) electrons. The number of hydrogen-bond acceptors (Lipinski definition) is 5. The van der Waals surface area contributed by atoms with Gasteiger partial charge in [0.25, 0.3) is 5.91 Å². The Kier molecular flexibility index (Phi) is 5.99. The lowest BCUT2D eigenvalue weighted by atomic mass is 10.2. The van der Waals surface area contributed by atoms with E-state index in [4.69, 9.17) is 27.6 Å². The SMILES string of the molecule is O=C1NC(=Nc2cccc(Cl)c2Cl)S/C1=C/c1ccc(N2CCCCCC2)o1. The fourth-order valence-electron chi connectivity index (χ4n) is 3.18. The molecule has 0 unspecified atom stereocenters. The lowest BCUT2D eigenvalue weighted by Crippen LogP contribution is -2.23. The number of furan rings is 1. The molecule has 1 amide bonds. The molecule has 4 rings (SSSR count). The first-order valence-electron chi connectivity index (χ1n) is 9.18. The second-order valence-electron chi connectivity index (χ2n) is 6.63. The van der Waals surface area contributed by atoms with Crippen molar-refractivity contribution in [1.82, 2.24) is 5.32 Å². The molecular weight excluding hydrogens is 417 g/mol. The van der Waals surface area contributed by atoms with Crippen molar-refractivity contribution in [2.45, 2.75) is 25.7 Å². The van der Waals surface area contributed by atoms with Crippen LogP contribution in [-0.2, 0) is 4.79 Å². The summed E-state index contributed by atoms with van der Waals surface area (Å²) in [5.41, 5.74) is 0.514. The molecule has 0 spiro atoms. The number of nitrogens with one attached hydrogen (secondary N) is 1. The quantitative estimate of drug-likeness (QED) is 0.613. The minimum Gasteiger partial charge on any atom is -0.441 e. The number of carbonyl (C=O) groups excluding carboxylic acids is 1. The molecule has 2 fully saturated rings. The van der Waals surface area contributed by atoms with Crippen molar-refractivity contribution in [3.8, 4) is 0 Å². The molecule has 1 aromatic heterocycles. The summed E-state index contributed by atoms with van der Waals surface area (Å²) in [5, 5.41) is 3.99. The number of anilines is 1. The summed E-state index contributed by atoms with van der Waals surface area (Å²) >= 11 is 13.4. The Morgan fingerprint density at radius 3 is 2.68 bits per heavy atom. The van der Waals surface area contributed by atoms with Gasteiger partial charge in [0.15, 0.2) is 11.1 Å². The highest BCUT2D eigenvalue weighted by atomic mass is 35.5. The smallest absolute Gasteiger partial charge is 0.264 e. The molecule has 2 saturated heterocycles. The zero-order valence-electron chi connectivity index (χ0n) is 15.1. The van der Waals surface area contributed by atoms with Crippen molar-refractivity contribution < 1.29 is 9.21 Å². The highest BCUT2D eigenvalue weighted by Gasteiger charge is 2.25. The number of aliphatic imine (C=N–C) groups is 1. The summed E-state index contributed by atoms with van der Waals surface area (Å²) in [4.78, 5) is 19.5. The Balaban J connectivity index is 1.50. The molecule has 3 heterocycles. The second kappa shape index (κ2) is 8.64. The molecule has 5 nitrogen and oxygen atoms in total. The molecule has 2 aliphatic heterocycles. The highest BCUT2D eigenvalue weighted by molar-refractivity contribution is 8.18. The van der Waals surface area contributed by atoms with Crippen LogP contribution in [0.1, 0.15) is 31.4 Å². The fraction of sp³-hybridized carbons (Fsp3) is 0.300. The highest BCUT2D eigenvalue weighted by Crippen LogP contribution is 2.35. The second-order valence-corrected chi connectivity index (χ2v) is 8.45. The minimum absolute atomic E-state index is 0.213. The van der Waals surface area contributed by atoms with Gasteiger partial charge >= 0.3 is 0 Å². The standard InChI is InChI=1S/C20H19Cl2N3O2S/c21-14-6-5-7-15(18(14)22)23-20-24-19(26)16(28-20)12-13-8-9-17(27-13)25-10-3-1-2-4-11-25/h5-9,12H,1-4,10-11H2,(H,23,24,26)/b16-12+. The lowest BCUT2D eigenvalue weighted by molar-refractivity contribution is -0.115. The van der Waals surface area contributed by atoms with E-state index in [1.807, 2.05) is 12.1 Å². The van der Waals surface area contributed by atoms with Gasteiger partial charge in [0, 0.05) is 25.2 Å². The number of hydrogen-bond donors (Lipinski definition) is 1. The van der Waals surface area contributed by atoms with Crippen molar-refractivity contribution in [3.05, 3.63) is 51.0 Å². The third-order valence-corrected chi connectivity index (χ3v) is 6.33. The van der Waals surface area contributed by atoms with Crippen LogP contribution in [-0.4, -0.2) is 24.2 Å². The number of rotatable bonds is 3. The van der Waals surface area contributed by atoms with Crippen molar-refractivity contribution in [3.63, 3.8) is 0 Å². The van der Waals surface area contributed by atoms with Gasteiger partial charge in [-0.3, -0.25) is 4.79 Å². The van der Waals surface area contributed by atoms with Gasteiger partial charge in [-0.15, -0.1) is 0 Å². The van der Waals surface area contributed by atoms with E-state index in [9.17, 15) is 4.79 Å². The van der Waals surface area contributed by atoms with Crippen LogP contribution in [0.5, 0.6) is 0 Å². The number of nitrogens with zero attached hydrogens (tertiary/aromatic N) is 2. The van der Waals surface area contributed by atoms with Crippen molar-refractivity contribution >= 4 is 63.7 Å². The number of carbonyl (C=O) groups is 1. The Labute approximate surface area is 177 Å². The van der Waals surface area contributed by atoms with Gasteiger partial charge in [0.2, 0.25) is 0 Å². The topological polar surface area (TPSA) is 57.8 Å². The van der Waals surface area contributed by atoms with E-state index in [0.717, 1.165) is 19.0 Å². The monoisotopic (exact) mass is 435 g/mol. The van der Waals surface area contributed by atoms with Crippen LogP contribution in [0.2, 0.25) is 10.0 Å². The average molecular weight is 436 g/mol. The number of benzene rings is 1. The van der Waals surface area contributed by atoms with E-state index in [1.165, 1.54) is 37.4 Å². The molecule has 2 aromatic rings. The van der Waals surface area contributed by atoms with Gasteiger partial charge in [-0.25, -0.2) is 4.99 Å². The molecule has 0 saturated carbocycles. The van der Waals surface area contributed by atoms with Gasteiger partial charge in [-0.05, 0) is 42.8 Å². The Morgan fingerprint density at radius 1 is 1.11 bits per heavy atom. The van der Waals surface area contributed by atoms with Crippen molar-refractivity contribution in [2.24, 2.45) is 4.99 Å². The first-order valence-corrected chi connectivity index (χ1v) is 10.8. The first kappa shape index (κ1) is 19.4. The third kappa shape index (κ3) is 4.40. The lowest BCUT2D eigenvalue weighted by Gasteiger charge is -2.18. The summed E-state index contributed by atoms with van der Waals surface area (Å²) < 4.78 is 5.96. The molecule has 1 N–H and O–H groups in total. The molecule has 28 heavy (non-hydrogen) atoms. The van der Waals surface area contributed by atoms with Crippen LogP contribution < -0.4 is 10.2 Å². The number of amidine groups is 1. The number of halogens is 2. The summed E-state index contributed by atoms with van der Waals surface area (Å²) in [7, 11) is 0. The summed E-state index contributed by atoms with van der Waals surface area (Å²) in [5.74, 6) is 1.30. The van der Waals surface area contributed by atoms with E-state index in [-0.39, 0.29) is 5.91 Å². The molecule has 0 bridgehead atoms. The maximum absolute atomic E-state index is 12.3. The van der Waals surface area contributed by atoms with Crippen LogP contribution in [0.15, 0.2) is 44.6 Å². The van der Waals surface area contributed by atoms with E-state index >= 15 is 0 Å². The number of thioether (sulfide) groups is 1. The maximum atomic E-state index is 12.3. The van der Waals surface area contributed by atoms with Gasteiger partial charge in [-0.2, -0.15) is 0 Å². The van der Waals surface area contributed by atoms with E-state index in [2.05, 4.69) is 15.2 Å². The van der Waals surface area contributed by atoms with Gasteiger partial charge in [0.1, 0.15) is 5.76 Å². The predicted molar refractivity (Wildman–Crippen MR) is 117 cm³/mol. The predicted octanol–water partition coefficient (Wildman–Crippen LogP) is 5.86. The van der Waals surface area contributed by atoms with Crippen LogP contribution in [0.4, 0.5) is 11.6 Å². The molecule has 2 aliphatic rings. The van der Waals surface area contributed by atoms with Gasteiger partial charge in [-0.1, -0.05) is 42.1 Å². The van der Waals surface area contributed by atoms with Crippen LogP contribution in [0.3, 0.4) is 0 Å². The Morgan fingerprint density at radius 2 is 1.89 bits per heavy atom. The molecule has 0 atom stereocenters. The van der Waals surface area contributed by atoms with E-state index < -0.39 is 0 Å². The molecule has 146 valence electrons. The maximum Gasteiger partial charge on any atom is 0.264 e. The third-order valence-electron chi connectivity index (χ3n) is 4.61. The van der Waals surface area contributed by atoms with Crippen molar-refractivity contribution in [2.75, 3.05) is 18.0 Å². The molecule has 8 heteroatoms. The minimum atomic E-state index is -0.213. The van der Waals surface area contributed by atoms with Crippen LogP contribution in [0, 0.1) is 0 Å². The van der Waals surface area contributed by atoms with Crippen molar-refractivity contribution in [1.29, 1.82) is 0 Å². The van der Waals surface area contributed by atoms with Gasteiger partial charge < -0.3 is 14.6 Å². The summed E-state index contributed by atoms with van der Waals surface area (Å²) in [6, 6.07) is 9.06. The zero-order valence-corrected chi connectivity index (χ0v) is 17.4. The Bertz CT molecular complexity index is 947. The van der Waals surface area contributed by atoms with Gasteiger partial charge in [0.05, 0.1) is 20.6 Å². The normalized spacial score (nSPS) is 20.6. The Hall–Kier alpha value is -1.89. The molecule has 0 aliphatic carbocycles. The molecule has 1 aromatic carbocycles. The zero-order chi connectivity index (χ0) is 19.5. The first-order chi connectivity index (χ1) is 13.6. The van der Waals surface area contributed by atoms with E-state index in [0.29, 0.717) is 31.6 Å². The summed E-state index contributed by atoms with van der Waals surface area (Å²) in [6.07, 6.45) is 6.64. The fourth-order valence-corrected chi connectivity index (χ4v) is 4.33. The largest absolute Gasteiger partial charge is 0.441 e. The van der Waals surface area contributed by atoms with Crippen LogP contribution in [0.25, 0.3) is 6.08 Å². The van der Waals surface area contributed by atoms with E-state index in [1.54, 1.807) is 24.3 Å². The molecular formula is C20H19Cl2N3O2S. The summed E-state index contributed by atoms with van der Waals surface area (Å²) in [6.45, 7) is 2.02.